The molecule has 0 amide bonds. The second kappa shape index (κ2) is 19.5. The van der Waals surface area contributed by atoms with Gasteiger partial charge in [0, 0.05) is 17.6 Å². The summed E-state index contributed by atoms with van der Waals surface area (Å²) in [5, 5.41) is 0. The fraction of sp³-hybridized carbons (Fsp3) is 0.767. The van der Waals surface area contributed by atoms with Crippen LogP contribution in [-0.2, 0) is 20.4 Å². The van der Waals surface area contributed by atoms with Crippen molar-refractivity contribution in [3.8, 4) is 11.8 Å². The Morgan fingerprint density at radius 2 is 1.63 bits per heavy atom. The van der Waals surface area contributed by atoms with Crippen LogP contribution >= 0.6 is 19.4 Å². The highest BCUT2D eigenvalue weighted by atomic mass is 32.2. The van der Waals surface area contributed by atoms with Crippen LogP contribution in [0.3, 0.4) is 0 Å². The van der Waals surface area contributed by atoms with Gasteiger partial charge in [-0.25, -0.2) is 15.0 Å². The van der Waals surface area contributed by atoms with Gasteiger partial charge in [0.1, 0.15) is 18.2 Å². The van der Waals surface area contributed by atoms with Crippen LogP contribution in [-0.4, -0.2) is 55.0 Å². The number of imidazole rings is 1. The van der Waals surface area contributed by atoms with E-state index < -0.39 is 7.60 Å². The second-order valence-electron chi connectivity index (χ2n) is 11.7. The first-order valence-electron chi connectivity index (χ1n) is 15.1. The average molecular weight is 610 g/mol. The highest BCUT2D eigenvalue weighted by Gasteiger charge is 2.21. The van der Waals surface area contributed by atoms with Crippen molar-refractivity contribution >= 4 is 36.3 Å². The molecule has 2 heterocycles. The van der Waals surface area contributed by atoms with Crippen LogP contribution in [0.15, 0.2) is 12.7 Å². The van der Waals surface area contributed by atoms with Gasteiger partial charge in [0.2, 0.25) is 0 Å². The van der Waals surface area contributed by atoms with Gasteiger partial charge in [0.05, 0.1) is 25.6 Å². The van der Waals surface area contributed by atoms with E-state index in [0.29, 0.717) is 29.3 Å². The van der Waals surface area contributed by atoms with E-state index in [1.165, 1.54) is 77.0 Å². The Balaban J connectivity index is 1.37. The van der Waals surface area contributed by atoms with Gasteiger partial charge in [0.15, 0.2) is 11.5 Å². The van der Waals surface area contributed by atoms with Gasteiger partial charge >= 0.3 is 7.60 Å². The number of ether oxygens (including phenoxy) is 1. The van der Waals surface area contributed by atoms with Crippen LogP contribution in [0.4, 0.5) is 5.82 Å². The van der Waals surface area contributed by atoms with Crippen LogP contribution in [0, 0.1) is 17.3 Å². The Labute approximate surface area is 251 Å². The van der Waals surface area contributed by atoms with E-state index in [4.69, 9.17) is 15.0 Å². The molecular weight excluding hydrogens is 557 g/mol. The molecule has 0 saturated heterocycles. The van der Waals surface area contributed by atoms with Crippen molar-refractivity contribution in [3.05, 3.63) is 12.7 Å². The number of hydrogen-bond acceptors (Lipinski definition) is 8. The molecule has 232 valence electrons. The quantitative estimate of drug-likeness (QED) is 0.0796. The second-order valence-corrected chi connectivity index (χ2v) is 14.7. The molecule has 2 rings (SSSR count). The molecule has 2 aromatic rings. The monoisotopic (exact) mass is 609 g/mol. The van der Waals surface area contributed by atoms with Crippen LogP contribution < -0.4 is 5.73 Å². The normalized spacial score (nSPS) is 14.1. The first-order chi connectivity index (χ1) is 19.6. The summed E-state index contributed by atoms with van der Waals surface area (Å²) in [5.41, 5.74) is 7.07. The molecule has 2 aromatic heterocycles. The SMILES string of the molecule is C[C@H](Cn1cnc2c(N)ncnc21)OCP(=O)(O)OCCSCCCCCCCCCCCCCC#CC(C)(C)C. The Hall–Kier alpha value is -1.63. The number of aromatic nitrogens is 4. The van der Waals surface area contributed by atoms with E-state index in [2.05, 4.69) is 47.6 Å². The maximum Gasteiger partial charge on any atom is 0.353 e. The fourth-order valence-corrected chi connectivity index (χ4v) is 6.13. The maximum absolute atomic E-state index is 12.3. The van der Waals surface area contributed by atoms with Crippen molar-refractivity contribution in [3.63, 3.8) is 0 Å². The summed E-state index contributed by atoms with van der Waals surface area (Å²) in [6, 6.07) is 0. The number of unbranched alkanes of at least 4 members (excludes halogenated alkanes) is 11. The lowest BCUT2D eigenvalue weighted by Crippen LogP contribution is -2.17. The van der Waals surface area contributed by atoms with Crippen molar-refractivity contribution in [2.75, 3.05) is 30.2 Å². The van der Waals surface area contributed by atoms with Crippen molar-refractivity contribution in [1.82, 2.24) is 19.5 Å². The van der Waals surface area contributed by atoms with Gasteiger partial charge in [-0.05, 0) is 46.3 Å². The molecule has 1 unspecified atom stereocenters. The zero-order valence-electron chi connectivity index (χ0n) is 25.6. The molecule has 0 spiro atoms. The molecule has 9 nitrogen and oxygen atoms in total. The van der Waals surface area contributed by atoms with Crippen molar-refractivity contribution in [2.45, 2.75) is 117 Å². The van der Waals surface area contributed by atoms with E-state index in [1.54, 1.807) is 22.7 Å². The van der Waals surface area contributed by atoms with Crippen LogP contribution in [0.2, 0.25) is 0 Å². The maximum atomic E-state index is 12.3. The number of rotatable bonds is 22. The van der Waals surface area contributed by atoms with Crippen LogP contribution in [0.25, 0.3) is 11.2 Å². The fourth-order valence-electron chi connectivity index (χ4n) is 4.30. The Morgan fingerprint density at radius 1 is 1.00 bits per heavy atom. The minimum absolute atomic E-state index is 0.130. The molecule has 41 heavy (non-hydrogen) atoms. The molecule has 11 heteroatoms. The number of nitrogens with zero attached hydrogens (tertiary/aromatic N) is 4. The summed E-state index contributed by atoms with van der Waals surface area (Å²) < 4.78 is 24.9. The minimum atomic E-state index is -3.80. The molecule has 0 saturated carbocycles. The van der Waals surface area contributed by atoms with E-state index in [0.717, 1.165) is 12.2 Å². The molecule has 0 aliphatic rings. The predicted octanol–water partition coefficient (Wildman–Crippen LogP) is 7.44. The number of nitrogens with two attached hydrogens (primary N) is 1. The molecule has 0 aliphatic heterocycles. The van der Waals surface area contributed by atoms with E-state index in [-0.39, 0.29) is 24.5 Å². The number of thioether (sulfide) groups is 1. The highest BCUT2D eigenvalue weighted by molar-refractivity contribution is 7.99. The third-order valence-electron chi connectivity index (χ3n) is 6.48. The summed E-state index contributed by atoms with van der Waals surface area (Å²) in [6.07, 6.45) is 17.7. The van der Waals surface area contributed by atoms with E-state index >= 15 is 0 Å². The lowest BCUT2D eigenvalue weighted by atomic mass is 9.97. The topological polar surface area (TPSA) is 125 Å². The van der Waals surface area contributed by atoms with E-state index in [1.807, 2.05) is 6.92 Å². The lowest BCUT2D eigenvalue weighted by molar-refractivity contribution is 0.0724. The van der Waals surface area contributed by atoms with Gasteiger partial charge in [0.25, 0.3) is 0 Å². The molecule has 0 aliphatic carbocycles. The summed E-state index contributed by atoms with van der Waals surface area (Å²) in [7, 11) is -3.80. The number of nitrogen functional groups attached to an aromatic ring is 1. The average Bonchev–Trinajstić information content (AvgIpc) is 3.32. The molecule has 0 bridgehead atoms. The Kier molecular flexibility index (Phi) is 16.9. The smallest absolute Gasteiger partial charge is 0.353 e. The number of anilines is 1. The van der Waals surface area contributed by atoms with Crippen LogP contribution in [0.1, 0.15) is 105 Å². The van der Waals surface area contributed by atoms with Gasteiger partial charge in [-0.1, -0.05) is 63.7 Å². The van der Waals surface area contributed by atoms with Gasteiger partial charge < -0.3 is 24.5 Å². The van der Waals surface area contributed by atoms with Gasteiger partial charge in [-0.15, -0.1) is 5.92 Å². The molecule has 3 N–H and O–H groups in total. The Bertz CT molecular complexity index is 1110. The predicted molar refractivity (Wildman–Crippen MR) is 171 cm³/mol. The molecular formula is C30H52N5O4PS. The van der Waals surface area contributed by atoms with Gasteiger partial charge in [-0.2, -0.15) is 11.8 Å². The lowest BCUT2D eigenvalue weighted by Gasteiger charge is -2.17. The third-order valence-corrected chi connectivity index (χ3v) is 8.57. The van der Waals surface area contributed by atoms with Crippen molar-refractivity contribution in [1.29, 1.82) is 0 Å². The largest absolute Gasteiger partial charge is 0.382 e. The van der Waals surface area contributed by atoms with Crippen LogP contribution in [0.5, 0.6) is 0 Å². The standard InChI is InChI=1S/C30H52N5O4PS/c1-26(22-35-24-34-27-28(31)32-23-33-29(27)35)38-25-40(36,37)39-19-21-41-20-17-15-13-11-9-7-5-6-8-10-12-14-16-18-30(2,3)4/h23-24,26H,5-15,17,19-22,25H2,1-4H3,(H,36,37)(H2,31,32,33)/t26-/m1/s1. The number of hydrogen-bond donors (Lipinski definition) is 2. The zero-order valence-corrected chi connectivity index (χ0v) is 27.4. The first kappa shape index (κ1) is 35.6. The minimum Gasteiger partial charge on any atom is -0.382 e. The van der Waals surface area contributed by atoms with Crippen molar-refractivity contribution < 1.29 is 18.7 Å². The first-order valence-corrected chi connectivity index (χ1v) is 18.1. The molecule has 2 atom stereocenters. The molecule has 0 fully saturated rings. The van der Waals surface area contributed by atoms with Gasteiger partial charge in [-0.3, -0.25) is 4.57 Å². The zero-order chi connectivity index (χ0) is 30.0. The summed E-state index contributed by atoms with van der Waals surface area (Å²) >= 11 is 1.77. The summed E-state index contributed by atoms with van der Waals surface area (Å²) in [6.45, 7) is 8.96. The highest BCUT2D eigenvalue weighted by Crippen LogP contribution is 2.42. The molecule has 0 radical (unpaired) electrons. The number of fused-ring (bicyclic) bond motifs is 1. The molecule has 0 aromatic carbocycles. The summed E-state index contributed by atoms with van der Waals surface area (Å²) in [4.78, 5) is 22.4. The summed E-state index contributed by atoms with van der Waals surface area (Å²) in [5.74, 6) is 8.69. The van der Waals surface area contributed by atoms with E-state index in [9.17, 15) is 9.46 Å². The Morgan fingerprint density at radius 3 is 2.29 bits per heavy atom. The van der Waals surface area contributed by atoms with Crippen molar-refractivity contribution in [2.24, 2.45) is 5.41 Å². The third kappa shape index (κ3) is 16.6.